The van der Waals surface area contributed by atoms with Gasteiger partial charge in [0.25, 0.3) is 5.91 Å². The van der Waals surface area contributed by atoms with Gasteiger partial charge >= 0.3 is 6.18 Å². The Kier molecular flexibility index (Phi) is 6.51. The van der Waals surface area contributed by atoms with Crippen LogP contribution >= 0.6 is 0 Å². The largest absolute Gasteiger partial charge is 0.494 e. The molecule has 0 bridgehead atoms. The molecule has 1 amide bonds. The van der Waals surface area contributed by atoms with Crippen molar-refractivity contribution in [3.05, 3.63) is 64.7 Å². The number of fused-ring (bicyclic) bond motifs is 1. The number of nitrogens with zero attached hydrogens (tertiary/aromatic N) is 2. The molecule has 2 aliphatic rings. The smallest absolute Gasteiger partial charge is 0.416 e. The molecule has 0 aliphatic carbocycles. The average Bonchev–Trinajstić information content (AvgIpc) is 3.20. The minimum atomic E-state index is -4.38. The van der Waals surface area contributed by atoms with Crippen molar-refractivity contribution in [2.75, 3.05) is 26.2 Å². The first-order valence-corrected chi connectivity index (χ1v) is 10.8. The van der Waals surface area contributed by atoms with Crippen LogP contribution in [0.25, 0.3) is 0 Å². The van der Waals surface area contributed by atoms with Gasteiger partial charge in [-0.05, 0) is 79.9 Å². The summed E-state index contributed by atoms with van der Waals surface area (Å²) in [7, 11) is 0. The van der Waals surface area contributed by atoms with E-state index in [1.54, 1.807) is 29.2 Å². The van der Waals surface area contributed by atoms with E-state index in [1.165, 1.54) is 38.4 Å². The van der Waals surface area contributed by atoms with E-state index < -0.39 is 11.7 Å². The monoisotopic (exact) mass is 432 g/mol. The Bertz CT molecular complexity index is 906. The number of alkyl halides is 3. The first-order valence-electron chi connectivity index (χ1n) is 10.8. The zero-order valence-corrected chi connectivity index (χ0v) is 17.5. The number of carbonyl (C=O) groups excluding carboxylic acids is 1. The van der Waals surface area contributed by atoms with Gasteiger partial charge < -0.3 is 14.5 Å². The molecule has 0 radical (unpaired) electrons. The summed E-state index contributed by atoms with van der Waals surface area (Å²) in [5.74, 6) is 0.524. The average molecular weight is 432 g/mol. The Hall–Kier alpha value is -2.54. The molecule has 166 valence electrons. The van der Waals surface area contributed by atoms with Crippen LogP contribution in [0.15, 0.2) is 42.5 Å². The molecule has 2 aromatic rings. The zero-order valence-electron chi connectivity index (χ0n) is 17.5. The number of carbonyl (C=O) groups is 1. The molecule has 4 rings (SSSR count). The molecule has 0 unspecified atom stereocenters. The molecule has 1 fully saturated rings. The molecule has 0 atom stereocenters. The summed E-state index contributed by atoms with van der Waals surface area (Å²) in [4.78, 5) is 16.8. The molecule has 1 saturated heterocycles. The molecule has 2 aromatic carbocycles. The third-order valence-electron chi connectivity index (χ3n) is 5.98. The Morgan fingerprint density at radius 3 is 2.35 bits per heavy atom. The van der Waals surface area contributed by atoms with Gasteiger partial charge in [-0.2, -0.15) is 13.2 Å². The highest BCUT2D eigenvalue weighted by molar-refractivity contribution is 5.94. The topological polar surface area (TPSA) is 32.8 Å². The van der Waals surface area contributed by atoms with Crippen LogP contribution in [-0.2, 0) is 19.3 Å². The van der Waals surface area contributed by atoms with Gasteiger partial charge in [0, 0.05) is 25.2 Å². The predicted molar refractivity (Wildman–Crippen MR) is 112 cm³/mol. The first-order chi connectivity index (χ1) is 14.9. The molecule has 0 N–H and O–H groups in total. The maximum Gasteiger partial charge on any atom is 0.416 e. The van der Waals surface area contributed by atoms with Crippen molar-refractivity contribution in [2.45, 2.75) is 44.9 Å². The van der Waals surface area contributed by atoms with E-state index in [1.807, 2.05) is 0 Å². The third kappa shape index (κ3) is 5.39. The van der Waals surface area contributed by atoms with Crippen LogP contribution < -0.4 is 4.74 Å². The van der Waals surface area contributed by atoms with Crippen molar-refractivity contribution in [3.63, 3.8) is 0 Å². The van der Waals surface area contributed by atoms with Crippen molar-refractivity contribution < 1.29 is 22.7 Å². The quantitative estimate of drug-likeness (QED) is 0.595. The van der Waals surface area contributed by atoms with Crippen LogP contribution in [-0.4, -0.2) is 41.9 Å². The van der Waals surface area contributed by atoms with Gasteiger partial charge in [-0.3, -0.25) is 4.79 Å². The summed E-state index contributed by atoms with van der Waals surface area (Å²) >= 11 is 0. The molecular formula is C24H27F3N2O2. The normalized spacial score (nSPS) is 16.9. The molecular weight excluding hydrogens is 405 g/mol. The lowest BCUT2D eigenvalue weighted by Gasteiger charge is -2.26. The van der Waals surface area contributed by atoms with Crippen LogP contribution in [0.2, 0.25) is 0 Å². The van der Waals surface area contributed by atoms with Gasteiger partial charge in [-0.25, -0.2) is 0 Å². The second-order valence-corrected chi connectivity index (χ2v) is 8.27. The highest BCUT2D eigenvalue weighted by atomic mass is 19.4. The van der Waals surface area contributed by atoms with E-state index >= 15 is 0 Å². The van der Waals surface area contributed by atoms with E-state index in [0.717, 1.165) is 36.4 Å². The summed E-state index contributed by atoms with van der Waals surface area (Å²) in [6.45, 7) is 4.53. The maximum absolute atomic E-state index is 12.9. The Balaban J connectivity index is 1.28. The van der Waals surface area contributed by atoms with E-state index in [0.29, 0.717) is 24.3 Å². The van der Waals surface area contributed by atoms with E-state index in [4.69, 9.17) is 4.74 Å². The summed E-state index contributed by atoms with van der Waals surface area (Å²) in [6, 6.07) is 10.7. The molecule has 31 heavy (non-hydrogen) atoms. The van der Waals surface area contributed by atoms with Crippen molar-refractivity contribution in [3.8, 4) is 5.75 Å². The number of hydrogen-bond donors (Lipinski definition) is 0. The highest BCUT2D eigenvalue weighted by Gasteiger charge is 2.33. The highest BCUT2D eigenvalue weighted by Crippen LogP contribution is 2.33. The number of hydrogen-bond acceptors (Lipinski definition) is 3. The van der Waals surface area contributed by atoms with E-state index in [2.05, 4.69) is 4.90 Å². The zero-order chi connectivity index (χ0) is 21.8. The van der Waals surface area contributed by atoms with Crippen molar-refractivity contribution >= 4 is 5.91 Å². The van der Waals surface area contributed by atoms with Crippen LogP contribution in [0.5, 0.6) is 5.75 Å². The fourth-order valence-corrected chi connectivity index (χ4v) is 4.25. The minimum Gasteiger partial charge on any atom is -0.494 e. The molecule has 7 heteroatoms. The van der Waals surface area contributed by atoms with Crippen molar-refractivity contribution in [1.29, 1.82) is 0 Å². The van der Waals surface area contributed by atoms with Crippen LogP contribution in [0.1, 0.15) is 52.7 Å². The Morgan fingerprint density at radius 1 is 0.935 bits per heavy atom. The third-order valence-corrected chi connectivity index (χ3v) is 5.98. The minimum absolute atomic E-state index is 0.187. The SMILES string of the molecule is O=C(c1ccc(OCCCN2CCCCC2)cc1)N1Cc2ccc(C(F)(F)F)cc2C1. The second-order valence-electron chi connectivity index (χ2n) is 8.27. The lowest BCUT2D eigenvalue weighted by Crippen LogP contribution is -2.31. The van der Waals surface area contributed by atoms with Crippen LogP contribution in [0.3, 0.4) is 0 Å². The van der Waals surface area contributed by atoms with Gasteiger partial charge in [0.1, 0.15) is 5.75 Å². The number of ether oxygens (including phenoxy) is 1. The van der Waals surface area contributed by atoms with E-state index in [-0.39, 0.29) is 12.5 Å². The first kappa shape index (κ1) is 21.7. The number of piperidine rings is 1. The lowest BCUT2D eigenvalue weighted by atomic mass is 10.1. The van der Waals surface area contributed by atoms with Crippen molar-refractivity contribution in [2.24, 2.45) is 0 Å². The molecule has 2 aliphatic heterocycles. The predicted octanol–water partition coefficient (Wildman–Crippen LogP) is 5.12. The van der Waals surface area contributed by atoms with E-state index in [9.17, 15) is 18.0 Å². The Labute approximate surface area is 180 Å². The molecule has 0 spiro atoms. The van der Waals surface area contributed by atoms with Gasteiger partial charge in [-0.1, -0.05) is 12.5 Å². The summed E-state index contributed by atoms with van der Waals surface area (Å²) in [5, 5.41) is 0. The standard InChI is InChI=1S/C24H27F3N2O2/c25-24(26,27)21-8-5-19-16-29(17-20(19)15-21)23(30)18-6-9-22(10-7-18)31-14-4-13-28-11-2-1-3-12-28/h5-10,15H,1-4,11-14,16-17H2. The fourth-order valence-electron chi connectivity index (χ4n) is 4.25. The number of amides is 1. The fraction of sp³-hybridized carbons (Fsp3) is 0.458. The number of benzene rings is 2. The second kappa shape index (κ2) is 9.30. The lowest BCUT2D eigenvalue weighted by molar-refractivity contribution is -0.137. The molecule has 2 heterocycles. The van der Waals surface area contributed by atoms with Gasteiger partial charge in [0.15, 0.2) is 0 Å². The maximum atomic E-state index is 12.9. The van der Waals surface area contributed by atoms with Gasteiger partial charge in [0.2, 0.25) is 0 Å². The summed E-state index contributed by atoms with van der Waals surface area (Å²) in [5.41, 5.74) is 1.14. The van der Waals surface area contributed by atoms with Crippen molar-refractivity contribution in [1.82, 2.24) is 9.80 Å². The van der Waals surface area contributed by atoms with Crippen LogP contribution in [0, 0.1) is 0 Å². The number of halogens is 3. The molecule has 0 aromatic heterocycles. The summed E-state index contributed by atoms with van der Waals surface area (Å²) in [6.07, 6.45) is 0.475. The summed E-state index contributed by atoms with van der Waals surface area (Å²) < 4.78 is 44.6. The molecule has 0 saturated carbocycles. The van der Waals surface area contributed by atoms with Gasteiger partial charge in [-0.15, -0.1) is 0 Å². The van der Waals surface area contributed by atoms with Crippen LogP contribution in [0.4, 0.5) is 13.2 Å². The number of likely N-dealkylation sites (tertiary alicyclic amines) is 1. The molecule has 4 nitrogen and oxygen atoms in total. The van der Waals surface area contributed by atoms with Gasteiger partial charge in [0.05, 0.1) is 12.2 Å². The Morgan fingerprint density at radius 2 is 1.65 bits per heavy atom. The number of rotatable bonds is 6.